The van der Waals surface area contributed by atoms with Crippen molar-refractivity contribution in [1.82, 2.24) is 10.6 Å². The van der Waals surface area contributed by atoms with E-state index >= 15 is 0 Å². The molecule has 0 aromatic rings. The average Bonchev–Trinajstić information content (AvgIpc) is 2.79. The van der Waals surface area contributed by atoms with Crippen LogP contribution in [0, 0.1) is 0 Å². The molecule has 0 aromatic heterocycles. The van der Waals surface area contributed by atoms with E-state index in [1.165, 1.54) is 12.8 Å². The maximum atomic E-state index is 11.4. The van der Waals surface area contributed by atoms with Gasteiger partial charge in [-0.1, -0.05) is 0 Å². The Balaban J connectivity index is 2.12. The van der Waals surface area contributed by atoms with Crippen molar-refractivity contribution in [1.29, 1.82) is 0 Å². The molecule has 88 valence electrons. The molecule has 0 saturated heterocycles. The Morgan fingerprint density at radius 1 is 1.47 bits per heavy atom. The van der Waals surface area contributed by atoms with Crippen LogP contribution in [0.1, 0.15) is 40.5 Å². The van der Waals surface area contributed by atoms with E-state index in [2.05, 4.69) is 10.6 Å². The number of hydrogen-bond acceptors (Lipinski definition) is 3. The van der Waals surface area contributed by atoms with Crippen LogP contribution in [0.4, 0.5) is 4.79 Å². The minimum Gasteiger partial charge on any atom is -0.444 e. The molecule has 1 aliphatic carbocycles. The monoisotopic (exact) mass is 214 g/mol. The lowest BCUT2D eigenvalue weighted by Gasteiger charge is -2.22. The van der Waals surface area contributed by atoms with Crippen molar-refractivity contribution >= 4 is 6.09 Å². The number of hydrogen-bond donors (Lipinski definition) is 2. The van der Waals surface area contributed by atoms with Crippen molar-refractivity contribution in [2.24, 2.45) is 0 Å². The van der Waals surface area contributed by atoms with Gasteiger partial charge in [0, 0.05) is 18.6 Å². The third-order valence-electron chi connectivity index (χ3n) is 2.05. The van der Waals surface area contributed by atoms with Crippen molar-refractivity contribution in [2.75, 3.05) is 6.54 Å². The van der Waals surface area contributed by atoms with Gasteiger partial charge in [0.2, 0.25) is 0 Å². The average molecular weight is 214 g/mol. The third kappa shape index (κ3) is 6.33. The van der Waals surface area contributed by atoms with Gasteiger partial charge in [-0.25, -0.2) is 4.79 Å². The quantitative estimate of drug-likeness (QED) is 0.748. The van der Waals surface area contributed by atoms with Gasteiger partial charge in [0.25, 0.3) is 0 Å². The summed E-state index contributed by atoms with van der Waals surface area (Å²) in [6.07, 6.45) is 2.19. The zero-order valence-electron chi connectivity index (χ0n) is 10.1. The van der Waals surface area contributed by atoms with Crippen LogP contribution in [0.3, 0.4) is 0 Å². The van der Waals surface area contributed by atoms with E-state index in [0.717, 1.165) is 6.54 Å². The summed E-state index contributed by atoms with van der Waals surface area (Å²) >= 11 is 0. The molecule has 0 aliphatic heterocycles. The molecular weight excluding hydrogens is 192 g/mol. The molecule has 0 unspecified atom stereocenters. The number of carbonyl (C=O) groups is 1. The fraction of sp³-hybridized carbons (Fsp3) is 0.909. The van der Waals surface area contributed by atoms with Crippen LogP contribution in [0.15, 0.2) is 0 Å². The molecule has 0 spiro atoms. The summed E-state index contributed by atoms with van der Waals surface area (Å²) in [5.74, 6) is 0. The fourth-order valence-electron chi connectivity index (χ4n) is 1.19. The molecule has 2 N–H and O–H groups in total. The van der Waals surface area contributed by atoms with Crippen molar-refractivity contribution in [3.63, 3.8) is 0 Å². The summed E-state index contributed by atoms with van der Waals surface area (Å²) in [7, 11) is 0. The molecule has 1 atom stereocenters. The number of carbonyl (C=O) groups excluding carboxylic acids is 1. The first kappa shape index (κ1) is 12.3. The molecule has 0 radical (unpaired) electrons. The van der Waals surface area contributed by atoms with Crippen LogP contribution < -0.4 is 10.6 Å². The van der Waals surface area contributed by atoms with E-state index in [4.69, 9.17) is 4.74 Å². The first-order valence-electron chi connectivity index (χ1n) is 5.60. The summed E-state index contributed by atoms with van der Waals surface area (Å²) in [5.41, 5.74) is -0.423. The van der Waals surface area contributed by atoms with Crippen LogP contribution in [-0.2, 0) is 4.74 Å². The Kier molecular flexibility index (Phi) is 3.97. The van der Waals surface area contributed by atoms with Gasteiger partial charge in [-0.15, -0.1) is 0 Å². The third-order valence-corrected chi connectivity index (χ3v) is 2.05. The van der Waals surface area contributed by atoms with E-state index in [1.54, 1.807) is 0 Å². The van der Waals surface area contributed by atoms with Gasteiger partial charge in [-0.05, 0) is 40.5 Å². The number of rotatable bonds is 4. The van der Waals surface area contributed by atoms with Crippen molar-refractivity contribution < 1.29 is 9.53 Å². The Labute approximate surface area is 91.8 Å². The van der Waals surface area contributed by atoms with Gasteiger partial charge in [-0.3, -0.25) is 0 Å². The minimum atomic E-state index is -0.423. The largest absolute Gasteiger partial charge is 0.444 e. The SMILES string of the molecule is C[C@H](CNC1CC1)NC(=O)OC(C)(C)C. The summed E-state index contributed by atoms with van der Waals surface area (Å²) in [4.78, 5) is 11.4. The smallest absolute Gasteiger partial charge is 0.407 e. The zero-order valence-corrected chi connectivity index (χ0v) is 10.1. The highest BCUT2D eigenvalue weighted by molar-refractivity contribution is 5.68. The normalized spacial score (nSPS) is 18.4. The zero-order chi connectivity index (χ0) is 11.5. The van der Waals surface area contributed by atoms with E-state index in [0.29, 0.717) is 6.04 Å². The maximum absolute atomic E-state index is 11.4. The van der Waals surface area contributed by atoms with Gasteiger partial charge in [0.15, 0.2) is 0 Å². The molecule has 4 nitrogen and oxygen atoms in total. The molecule has 0 heterocycles. The Morgan fingerprint density at radius 2 is 2.07 bits per heavy atom. The Morgan fingerprint density at radius 3 is 2.53 bits per heavy atom. The van der Waals surface area contributed by atoms with Crippen LogP contribution in [-0.4, -0.2) is 30.3 Å². The van der Waals surface area contributed by atoms with Crippen molar-refractivity contribution in [3.8, 4) is 0 Å². The maximum Gasteiger partial charge on any atom is 0.407 e. The van der Waals surface area contributed by atoms with Gasteiger partial charge >= 0.3 is 6.09 Å². The van der Waals surface area contributed by atoms with Gasteiger partial charge in [0.05, 0.1) is 0 Å². The highest BCUT2D eigenvalue weighted by Gasteiger charge is 2.22. The van der Waals surface area contributed by atoms with Crippen LogP contribution in [0.5, 0.6) is 0 Å². The summed E-state index contributed by atoms with van der Waals surface area (Å²) in [5, 5.41) is 6.15. The molecule has 1 aliphatic rings. The standard InChI is InChI=1S/C11H22N2O2/c1-8(7-12-9-5-6-9)13-10(14)15-11(2,3)4/h8-9,12H,5-7H2,1-4H3,(H,13,14)/t8-/m1/s1. The Hall–Kier alpha value is -0.770. The lowest BCUT2D eigenvalue weighted by Crippen LogP contribution is -2.43. The van der Waals surface area contributed by atoms with E-state index in [9.17, 15) is 4.79 Å². The Bertz CT molecular complexity index is 219. The van der Waals surface area contributed by atoms with Crippen LogP contribution in [0.25, 0.3) is 0 Å². The first-order chi connectivity index (χ1) is 6.87. The van der Waals surface area contributed by atoms with Gasteiger partial charge < -0.3 is 15.4 Å². The molecule has 1 fully saturated rings. The molecule has 15 heavy (non-hydrogen) atoms. The highest BCUT2D eigenvalue weighted by atomic mass is 16.6. The lowest BCUT2D eigenvalue weighted by molar-refractivity contribution is 0.0508. The summed E-state index contributed by atoms with van der Waals surface area (Å²) in [6.45, 7) is 8.36. The molecule has 0 aromatic carbocycles. The second-order valence-corrected chi connectivity index (χ2v) is 5.23. The topological polar surface area (TPSA) is 50.4 Å². The summed E-state index contributed by atoms with van der Waals surface area (Å²) in [6, 6.07) is 0.785. The molecule has 0 bridgehead atoms. The molecule has 4 heteroatoms. The number of nitrogens with one attached hydrogen (secondary N) is 2. The molecule has 1 rings (SSSR count). The second-order valence-electron chi connectivity index (χ2n) is 5.23. The van der Waals surface area contributed by atoms with E-state index < -0.39 is 5.60 Å². The van der Waals surface area contributed by atoms with Gasteiger partial charge in [0.1, 0.15) is 5.60 Å². The number of ether oxygens (including phenoxy) is 1. The van der Waals surface area contributed by atoms with Crippen LogP contribution >= 0.6 is 0 Å². The predicted octanol–water partition coefficient (Wildman–Crippen LogP) is 1.65. The van der Waals surface area contributed by atoms with Crippen LogP contribution in [0.2, 0.25) is 0 Å². The van der Waals surface area contributed by atoms with Crippen molar-refractivity contribution in [2.45, 2.75) is 58.2 Å². The van der Waals surface area contributed by atoms with E-state index in [1.807, 2.05) is 27.7 Å². The van der Waals surface area contributed by atoms with Crippen molar-refractivity contribution in [3.05, 3.63) is 0 Å². The molecule has 1 saturated carbocycles. The highest BCUT2D eigenvalue weighted by Crippen LogP contribution is 2.18. The summed E-state index contributed by atoms with van der Waals surface area (Å²) < 4.78 is 5.15. The van der Waals surface area contributed by atoms with E-state index in [-0.39, 0.29) is 12.1 Å². The molecule has 1 amide bonds. The first-order valence-corrected chi connectivity index (χ1v) is 5.60. The fourth-order valence-corrected chi connectivity index (χ4v) is 1.19. The minimum absolute atomic E-state index is 0.112. The predicted molar refractivity (Wildman–Crippen MR) is 59.9 cm³/mol. The lowest BCUT2D eigenvalue weighted by atomic mass is 10.2. The number of alkyl carbamates (subject to hydrolysis) is 1. The second kappa shape index (κ2) is 4.84. The van der Waals surface area contributed by atoms with Gasteiger partial charge in [-0.2, -0.15) is 0 Å². The molecular formula is C11H22N2O2. The number of amides is 1.